The van der Waals surface area contributed by atoms with Gasteiger partial charge in [-0.15, -0.1) is 16.8 Å². The van der Waals surface area contributed by atoms with Crippen LogP contribution in [0.25, 0.3) is 16.7 Å². The number of benzene rings is 1. The van der Waals surface area contributed by atoms with Crippen LogP contribution in [0.3, 0.4) is 0 Å². The van der Waals surface area contributed by atoms with Crippen LogP contribution in [-0.2, 0) is 11.3 Å². The van der Waals surface area contributed by atoms with Crippen LogP contribution in [0.5, 0.6) is 0 Å². The summed E-state index contributed by atoms with van der Waals surface area (Å²) in [5.41, 5.74) is 0.532. The minimum absolute atomic E-state index is 0.101. The van der Waals surface area contributed by atoms with Crippen LogP contribution >= 0.6 is 11.8 Å². The highest BCUT2D eigenvalue weighted by atomic mass is 32.2. The summed E-state index contributed by atoms with van der Waals surface area (Å²) in [5, 5.41) is 18.1. The Labute approximate surface area is 159 Å². The normalized spacial score (nSPS) is 10.8. The van der Waals surface area contributed by atoms with Crippen molar-refractivity contribution >= 4 is 34.3 Å². The second kappa shape index (κ2) is 8.05. The molecule has 1 amide bonds. The van der Waals surface area contributed by atoms with Gasteiger partial charge in [0.2, 0.25) is 11.7 Å². The van der Waals surface area contributed by atoms with Gasteiger partial charge in [-0.1, -0.05) is 30.0 Å². The van der Waals surface area contributed by atoms with Crippen LogP contribution in [-0.4, -0.2) is 49.3 Å². The highest BCUT2D eigenvalue weighted by Gasteiger charge is 2.17. The summed E-state index contributed by atoms with van der Waals surface area (Å²) in [6, 6.07) is 9.25. The first-order valence-corrected chi connectivity index (χ1v) is 9.28. The van der Waals surface area contributed by atoms with E-state index in [4.69, 9.17) is 5.26 Å². The van der Waals surface area contributed by atoms with Gasteiger partial charge < -0.3 is 4.90 Å². The smallest absolute Gasteiger partial charge is 0.263 e. The zero-order valence-corrected chi connectivity index (χ0v) is 15.6. The Morgan fingerprint density at radius 2 is 2.19 bits per heavy atom. The third-order valence-corrected chi connectivity index (χ3v) is 5.01. The molecule has 0 aliphatic rings. The molecule has 3 aromatic rings. The summed E-state index contributed by atoms with van der Waals surface area (Å²) in [5.74, 6) is 0.472. The van der Waals surface area contributed by atoms with E-state index >= 15 is 0 Å². The van der Waals surface area contributed by atoms with Crippen molar-refractivity contribution in [3.8, 4) is 6.07 Å². The molecular weight excluding hydrogens is 364 g/mol. The van der Waals surface area contributed by atoms with Crippen molar-refractivity contribution < 1.29 is 4.79 Å². The molecule has 27 heavy (non-hydrogen) atoms. The molecule has 0 spiro atoms. The number of amides is 1. The SMILES string of the molecule is C=CCn1c(=O)c2ccccc2n2c(SCC(=O)N(C)CCC#N)nnc12. The lowest BCUT2D eigenvalue weighted by molar-refractivity contribution is -0.127. The second-order valence-electron chi connectivity index (χ2n) is 5.85. The number of hydrogen-bond donors (Lipinski definition) is 0. The third kappa shape index (κ3) is 3.57. The van der Waals surface area contributed by atoms with Gasteiger partial charge in [0.05, 0.1) is 29.1 Å². The van der Waals surface area contributed by atoms with Crippen molar-refractivity contribution in [2.24, 2.45) is 0 Å². The molecule has 0 N–H and O–H groups in total. The van der Waals surface area contributed by atoms with Crippen LogP contribution < -0.4 is 5.56 Å². The fourth-order valence-corrected chi connectivity index (χ4v) is 3.58. The fraction of sp³-hybridized carbons (Fsp3) is 0.278. The number of aromatic nitrogens is 4. The summed E-state index contributed by atoms with van der Waals surface area (Å²) >= 11 is 1.25. The van der Waals surface area contributed by atoms with E-state index in [-0.39, 0.29) is 17.2 Å². The average molecular weight is 382 g/mol. The number of nitrogens with zero attached hydrogens (tertiary/aromatic N) is 6. The Morgan fingerprint density at radius 1 is 1.41 bits per heavy atom. The minimum Gasteiger partial charge on any atom is -0.344 e. The topological polar surface area (TPSA) is 96.3 Å². The summed E-state index contributed by atoms with van der Waals surface area (Å²) in [6.45, 7) is 4.40. The average Bonchev–Trinajstić information content (AvgIpc) is 3.11. The molecule has 3 rings (SSSR count). The highest BCUT2D eigenvalue weighted by Crippen LogP contribution is 2.21. The van der Waals surface area contributed by atoms with Gasteiger partial charge in [-0.25, -0.2) is 0 Å². The number of carbonyl (C=O) groups excluding carboxylic acids is 1. The summed E-state index contributed by atoms with van der Waals surface area (Å²) in [7, 11) is 1.67. The first kappa shape index (κ1) is 18.7. The molecule has 1 aromatic carbocycles. The Hall–Kier alpha value is -3.12. The van der Waals surface area contributed by atoms with Crippen LogP contribution in [0, 0.1) is 11.3 Å². The first-order valence-electron chi connectivity index (χ1n) is 8.29. The van der Waals surface area contributed by atoms with E-state index in [1.807, 2.05) is 18.2 Å². The van der Waals surface area contributed by atoms with Gasteiger partial charge in [0, 0.05) is 20.1 Å². The molecule has 0 saturated heterocycles. The number of thioether (sulfide) groups is 1. The molecule has 2 aromatic heterocycles. The lowest BCUT2D eigenvalue weighted by Crippen LogP contribution is -2.29. The molecule has 8 nitrogen and oxygen atoms in total. The number of carbonyl (C=O) groups is 1. The Morgan fingerprint density at radius 3 is 2.93 bits per heavy atom. The summed E-state index contributed by atoms with van der Waals surface area (Å²) < 4.78 is 3.29. The van der Waals surface area contributed by atoms with Gasteiger partial charge in [0.1, 0.15) is 0 Å². The number of nitriles is 1. The third-order valence-electron chi connectivity index (χ3n) is 4.10. The number of allylic oxidation sites excluding steroid dienone is 1. The number of para-hydroxylation sites is 1. The largest absolute Gasteiger partial charge is 0.344 e. The minimum atomic E-state index is -0.158. The lowest BCUT2D eigenvalue weighted by atomic mass is 10.2. The maximum Gasteiger partial charge on any atom is 0.263 e. The summed E-state index contributed by atoms with van der Waals surface area (Å²) in [6.07, 6.45) is 1.92. The van der Waals surface area contributed by atoms with E-state index in [1.165, 1.54) is 21.2 Å². The fourth-order valence-electron chi connectivity index (χ4n) is 2.70. The predicted molar refractivity (Wildman–Crippen MR) is 104 cm³/mol. The van der Waals surface area contributed by atoms with Crippen molar-refractivity contribution in [3.63, 3.8) is 0 Å². The molecule has 138 valence electrons. The van der Waals surface area contributed by atoms with Crippen molar-refractivity contribution in [1.82, 2.24) is 24.1 Å². The van der Waals surface area contributed by atoms with Gasteiger partial charge in [0.25, 0.3) is 5.56 Å². The Kier molecular flexibility index (Phi) is 5.57. The van der Waals surface area contributed by atoms with Crippen LogP contribution in [0.15, 0.2) is 46.9 Å². The molecule has 2 heterocycles. The number of hydrogen-bond acceptors (Lipinski definition) is 6. The monoisotopic (exact) mass is 382 g/mol. The number of fused-ring (bicyclic) bond motifs is 3. The maximum atomic E-state index is 12.7. The van der Waals surface area contributed by atoms with E-state index < -0.39 is 0 Å². The zero-order chi connectivity index (χ0) is 19.4. The molecule has 0 atom stereocenters. The molecule has 9 heteroatoms. The highest BCUT2D eigenvalue weighted by molar-refractivity contribution is 7.99. The van der Waals surface area contributed by atoms with Crippen molar-refractivity contribution in [2.45, 2.75) is 18.1 Å². The van der Waals surface area contributed by atoms with Crippen LogP contribution in [0.2, 0.25) is 0 Å². The molecule has 0 aliphatic heterocycles. The van der Waals surface area contributed by atoms with Crippen molar-refractivity contribution in [1.29, 1.82) is 5.26 Å². The van der Waals surface area contributed by atoms with E-state index in [0.717, 1.165) is 0 Å². The van der Waals surface area contributed by atoms with Gasteiger partial charge in [-0.3, -0.25) is 18.6 Å². The van der Waals surface area contributed by atoms with E-state index in [0.29, 0.717) is 41.3 Å². The van der Waals surface area contributed by atoms with Gasteiger partial charge in [-0.2, -0.15) is 5.26 Å². The standard InChI is InChI=1S/C18H18N6O2S/c1-3-10-23-16(26)13-7-4-5-8-14(13)24-17(23)20-21-18(24)27-12-15(25)22(2)11-6-9-19/h3-5,7-8H,1,6,10-12H2,2H3. The molecular formula is C18H18N6O2S. The molecule has 0 bridgehead atoms. The lowest BCUT2D eigenvalue weighted by Gasteiger charge is -2.14. The van der Waals surface area contributed by atoms with Crippen molar-refractivity contribution in [3.05, 3.63) is 47.3 Å². The quantitative estimate of drug-likeness (QED) is 0.456. The Balaban J connectivity index is 2.01. The van der Waals surface area contributed by atoms with E-state index in [1.54, 1.807) is 29.7 Å². The van der Waals surface area contributed by atoms with Gasteiger partial charge in [0.15, 0.2) is 5.16 Å². The Bertz CT molecular complexity index is 1110. The van der Waals surface area contributed by atoms with Crippen LogP contribution in [0.4, 0.5) is 0 Å². The van der Waals surface area contributed by atoms with Crippen LogP contribution in [0.1, 0.15) is 6.42 Å². The molecule has 0 saturated carbocycles. The first-order chi connectivity index (χ1) is 13.1. The molecule has 0 unspecified atom stereocenters. The van der Waals surface area contributed by atoms with Gasteiger partial charge in [-0.05, 0) is 12.1 Å². The number of rotatable bonds is 7. The zero-order valence-electron chi connectivity index (χ0n) is 14.8. The van der Waals surface area contributed by atoms with E-state index in [2.05, 4.69) is 16.8 Å². The second-order valence-corrected chi connectivity index (χ2v) is 6.79. The summed E-state index contributed by atoms with van der Waals surface area (Å²) in [4.78, 5) is 26.5. The molecule has 0 aliphatic carbocycles. The van der Waals surface area contributed by atoms with E-state index in [9.17, 15) is 9.59 Å². The predicted octanol–water partition coefficient (Wildman–Crippen LogP) is 1.69. The van der Waals surface area contributed by atoms with Gasteiger partial charge >= 0.3 is 0 Å². The molecule has 0 radical (unpaired) electrons. The van der Waals surface area contributed by atoms with Crippen molar-refractivity contribution in [2.75, 3.05) is 19.3 Å². The molecule has 0 fully saturated rings. The maximum absolute atomic E-state index is 12.7.